The standard InChI is InChI=1S/C6H5ClO2S.H3N/c7-10(8,9)6-4-2-1-3-5-6;/h1-5H;1H3. The quantitative estimate of drug-likeness (QED) is 0.692. The van der Waals surface area contributed by atoms with E-state index in [1.54, 1.807) is 18.2 Å². The van der Waals surface area contributed by atoms with E-state index in [9.17, 15) is 8.42 Å². The smallest absolute Gasteiger partial charge is 0.261 e. The Labute approximate surface area is 70.0 Å². The highest BCUT2D eigenvalue weighted by Crippen LogP contribution is 2.12. The predicted molar refractivity (Wildman–Crippen MR) is 44.5 cm³/mol. The molecule has 0 saturated carbocycles. The summed E-state index contributed by atoms with van der Waals surface area (Å²) in [6.45, 7) is 0. The molecule has 0 heterocycles. The average molecular weight is 194 g/mol. The molecule has 0 aliphatic heterocycles. The van der Waals surface area contributed by atoms with Gasteiger partial charge >= 0.3 is 0 Å². The van der Waals surface area contributed by atoms with E-state index in [1.807, 2.05) is 0 Å². The van der Waals surface area contributed by atoms with E-state index in [4.69, 9.17) is 10.7 Å². The third-order valence-electron chi connectivity index (χ3n) is 1.02. The van der Waals surface area contributed by atoms with Gasteiger partial charge in [0.2, 0.25) is 0 Å². The Kier molecular flexibility index (Phi) is 3.51. The molecule has 0 unspecified atom stereocenters. The van der Waals surface area contributed by atoms with E-state index in [0.29, 0.717) is 0 Å². The zero-order valence-electron chi connectivity index (χ0n) is 5.70. The van der Waals surface area contributed by atoms with Gasteiger partial charge < -0.3 is 6.15 Å². The van der Waals surface area contributed by atoms with Crippen LogP contribution in [0.5, 0.6) is 0 Å². The van der Waals surface area contributed by atoms with Crippen LogP contribution in [0.3, 0.4) is 0 Å². The van der Waals surface area contributed by atoms with Crippen molar-refractivity contribution in [2.24, 2.45) is 0 Å². The molecule has 0 amide bonds. The van der Waals surface area contributed by atoms with Gasteiger partial charge in [-0.05, 0) is 12.1 Å². The number of benzene rings is 1. The molecule has 5 heteroatoms. The van der Waals surface area contributed by atoms with Gasteiger partial charge in [0.05, 0.1) is 4.90 Å². The van der Waals surface area contributed by atoms with Crippen molar-refractivity contribution in [2.45, 2.75) is 4.90 Å². The Morgan fingerprint density at radius 2 is 1.55 bits per heavy atom. The molecule has 62 valence electrons. The van der Waals surface area contributed by atoms with E-state index in [1.165, 1.54) is 12.1 Å². The summed E-state index contributed by atoms with van der Waals surface area (Å²) in [5.74, 6) is 0. The summed E-state index contributed by atoms with van der Waals surface area (Å²) < 4.78 is 21.2. The van der Waals surface area contributed by atoms with Gasteiger partial charge in [0.1, 0.15) is 0 Å². The molecule has 0 aliphatic carbocycles. The van der Waals surface area contributed by atoms with Crippen LogP contribution < -0.4 is 6.15 Å². The summed E-state index contributed by atoms with van der Waals surface area (Å²) in [7, 11) is 1.50. The minimum absolute atomic E-state index is 0. The minimum atomic E-state index is -3.53. The number of hydrogen-bond donors (Lipinski definition) is 1. The zero-order valence-corrected chi connectivity index (χ0v) is 7.27. The largest absolute Gasteiger partial charge is 0.344 e. The highest BCUT2D eigenvalue weighted by atomic mass is 35.7. The topological polar surface area (TPSA) is 69.1 Å². The van der Waals surface area contributed by atoms with Crippen LogP contribution in [-0.2, 0) is 9.05 Å². The number of hydrogen-bond acceptors (Lipinski definition) is 3. The van der Waals surface area contributed by atoms with Crippen LogP contribution in [0.1, 0.15) is 0 Å². The van der Waals surface area contributed by atoms with Crippen LogP contribution in [-0.4, -0.2) is 8.42 Å². The van der Waals surface area contributed by atoms with E-state index >= 15 is 0 Å². The first-order chi connectivity index (χ1) is 4.61. The van der Waals surface area contributed by atoms with E-state index in [2.05, 4.69) is 0 Å². The maximum Gasteiger partial charge on any atom is 0.261 e. The third-order valence-corrected chi connectivity index (χ3v) is 2.39. The molecule has 3 nitrogen and oxygen atoms in total. The summed E-state index contributed by atoms with van der Waals surface area (Å²) in [6.07, 6.45) is 0. The van der Waals surface area contributed by atoms with Crippen molar-refractivity contribution >= 4 is 19.7 Å². The van der Waals surface area contributed by atoms with Crippen molar-refractivity contribution in [1.82, 2.24) is 6.15 Å². The Morgan fingerprint density at radius 3 is 1.82 bits per heavy atom. The van der Waals surface area contributed by atoms with Crippen molar-refractivity contribution < 1.29 is 8.42 Å². The van der Waals surface area contributed by atoms with Crippen LogP contribution in [0.2, 0.25) is 0 Å². The van der Waals surface area contributed by atoms with Crippen molar-refractivity contribution in [3.05, 3.63) is 30.3 Å². The first kappa shape index (κ1) is 10.4. The molecule has 0 aliphatic rings. The van der Waals surface area contributed by atoms with Gasteiger partial charge in [-0.3, -0.25) is 0 Å². The average Bonchev–Trinajstić information content (AvgIpc) is 1.88. The molecular formula is C6H8ClNO2S. The number of halogens is 1. The fraction of sp³-hybridized carbons (Fsp3) is 0. The van der Waals surface area contributed by atoms with Gasteiger partial charge in [-0.25, -0.2) is 8.42 Å². The normalized spacial score (nSPS) is 10.3. The molecule has 0 saturated heterocycles. The lowest BCUT2D eigenvalue weighted by molar-refractivity contribution is 0.609. The second-order valence-corrected chi connectivity index (χ2v) is 4.32. The van der Waals surface area contributed by atoms with Crippen molar-refractivity contribution in [3.8, 4) is 0 Å². The summed E-state index contributed by atoms with van der Waals surface area (Å²) in [5.41, 5.74) is 0. The fourth-order valence-corrected chi connectivity index (χ4v) is 1.37. The zero-order chi connectivity index (χ0) is 7.61. The van der Waals surface area contributed by atoms with Crippen LogP contribution in [0, 0.1) is 0 Å². The Hall–Kier alpha value is -0.580. The Balaban J connectivity index is 0.000001000. The molecule has 1 aromatic carbocycles. The maximum atomic E-state index is 10.6. The molecule has 11 heavy (non-hydrogen) atoms. The van der Waals surface area contributed by atoms with Gasteiger partial charge in [0, 0.05) is 10.7 Å². The molecule has 0 fully saturated rings. The van der Waals surface area contributed by atoms with Gasteiger partial charge in [-0.15, -0.1) is 0 Å². The van der Waals surface area contributed by atoms with E-state index in [0.717, 1.165) is 0 Å². The second kappa shape index (κ2) is 3.71. The summed E-state index contributed by atoms with van der Waals surface area (Å²) in [4.78, 5) is 0.136. The molecule has 1 aromatic rings. The fourth-order valence-electron chi connectivity index (χ4n) is 0.583. The molecule has 0 radical (unpaired) electrons. The van der Waals surface area contributed by atoms with Crippen molar-refractivity contribution in [2.75, 3.05) is 0 Å². The predicted octanol–water partition coefficient (Wildman–Crippen LogP) is 1.78. The van der Waals surface area contributed by atoms with Crippen LogP contribution in [0.4, 0.5) is 0 Å². The molecule has 0 aromatic heterocycles. The molecule has 0 spiro atoms. The Morgan fingerprint density at radius 1 is 1.09 bits per heavy atom. The van der Waals surface area contributed by atoms with Gasteiger partial charge in [0.25, 0.3) is 9.05 Å². The molecular weight excluding hydrogens is 186 g/mol. The molecule has 1 rings (SSSR count). The summed E-state index contributed by atoms with van der Waals surface area (Å²) in [5, 5.41) is 0. The first-order valence-electron chi connectivity index (χ1n) is 2.60. The van der Waals surface area contributed by atoms with Crippen LogP contribution >= 0.6 is 10.7 Å². The van der Waals surface area contributed by atoms with E-state index < -0.39 is 9.05 Å². The first-order valence-corrected chi connectivity index (χ1v) is 4.91. The van der Waals surface area contributed by atoms with Crippen LogP contribution in [0.15, 0.2) is 35.2 Å². The molecule has 0 bridgehead atoms. The Bertz CT molecular complexity index is 309. The number of rotatable bonds is 1. The monoisotopic (exact) mass is 193 g/mol. The lowest BCUT2D eigenvalue weighted by Gasteiger charge is -1.91. The molecule has 3 N–H and O–H groups in total. The van der Waals surface area contributed by atoms with Gasteiger partial charge in [0.15, 0.2) is 0 Å². The summed E-state index contributed by atoms with van der Waals surface area (Å²) in [6, 6.07) is 7.86. The van der Waals surface area contributed by atoms with Gasteiger partial charge in [-0.1, -0.05) is 18.2 Å². The maximum absolute atomic E-state index is 10.6. The molecule has 0 atom stereocenters. The van der Waals surface area contributed by atoms with Crippen molar-refractivity contribution in [3.63, 3.8) is 0 Å². The SMILES string of the molecule is N.O=S(=O)(Cl)c1ccccc1. The second-order valence-electron chi connectivity index (χ2n) is 1.75. The highest BCUT2D eigenvalue weighted by Gasteiger charge is 2.06. The van der Waals surface area contributed by atoms with Gasteiger partial charge in [-0.2, -0.15) is 0 Å². The third kappa shape index (κ3) is 2.88. The minimum Gasteiger partial charge on any atom is -0.344 e. The lowest BCUT2D eigenvalue weighted by atomic mass is 10.4. The van der Waals surface area contributed by atoms with Crippen molar-refractivity contribution in [1.29, 1.82) is 0 Å². The lowest BCUT2D eigenvalue weighted by Crippen LogP contribution is -1.87. The van der Waals surface area contributed by atoms with E-state index in [-0.39, 0.29) is 11.0 Å². The van der Waals surface area contributed by atoms with Crippen LogP contribution in [0.25, 0.3) is 0 Å². The highest BCUT2D eigenvalue weighted by molar-refractivity contribution is 8.13. The summed E-state index contributed by atoms with van der Waals surface area (Å²) >= 11 is 0.